The van der Waals surface area contributed by atoms with Crippen LogP contribution in [0.5, 0.6) is 0 Å². The first-order chi connectivity index (χ1) is 24.0. The maximum Gasteiger partial charge on any atom is 0.0345 e. The van der Waals surface area contributed by atoms with Gasteiger partial charge in [-0.15, -0.1) is 0 Å². The lowest BCUT2D eigenvalue weighted by Crippen LogP contribution is -2.12. The second-order valence-electron chi connectivity index (χ2n) is 15.9. The highest BCUT2D eigenvalue weighted by Crippen LogP contribution is 2.43. The zero-order valence-corrected chi connectivity index (χ0v) is 34.0. The Bertz CT molecular complexity index is 2300. The number of fused-ring (bicyclic) bond motifs is 1. The summed E-state index contributed by atoms with van der Waals surface area (Å²) in [4.78, 5) is 0. The van der Waals surface area contributed by atoms with Gasteiger partial charge in [-0.1, -0.05) is 66.7 Å². The Morgan fingerprint density at radius 1 is 0.255 bits per heavy atom. The van der Waals surface area contributed by atoms with Crippen LogP contribution in [0.2, 0.25) is 0 Å². The molecule has 0 bridgehead atoms. The Balaban J connectivity index is 1.64. The van der Waals surface area contributed by atoms with E-state index in [1.54, 1.807) is 0 Å². The third-order valence-electron chi connectivity index (χ3n) is 13.5. The molecule has 0 N–H and O–H groups in total. The molecule has 0 saturated carbocycles. The number of hydrogen-bond donors (Lipinski definition) is 0. The molecule has 6 rings (SSSR count). The van der Waals surface area contributed by atoms with Gasteiger partial charge in [0.15, 0.2) is 0 Å². The zero-order valence-electron chi connectivity index (χ0n) is 34.0. The van der Waals surface area contributed by atoms with Gasteiger partial charge in [-0.25, -0.2) is 0 Å². The largest absolute Gasteiger partial charge is 0.0587 e. The van der Waals surface area contributed by atoms with Crippen molar-refractivity contribution in [3.63, 3.8) is 0 Å². The number of benzene rings is 6. The van der Waals surface area contributed by atoms with Gasteiger partial charge in [0.1, 0.15) is 0 Å². The second kappa shape index (κ2) is 13.6. The summed E-state index contributed by atoms with van der Waals surface area (Å²) in [6.07, 6.45) is 0. The molecule has 0 saturated heterocycles. The molecule has 0 radical (unpaired) electrons. The molecule has 0 aromatic heterocycles. The van der Waals surface area contributed by atoms with Gasteiger partial charge in [-0.2, -0.15) is 0 Å². The molecule has 6 aromatic rings. The van der Waals surface area contributed by atoms with Crippen LogP contribution in [0, 0.1) is 104 Å². The Kier molecular flexibility index (Phi) is 9.71. The third kappa shape index (κ3) is 6.16. The van der Waals surface area contributed by atoms with E-state index in [1.807, 2.05) is 0 Å². The number of rotatable bonds is 6. The van der Waals surface area contributed by atoms with Crippen LogP contribution in [-0.4, -0.2) is 0 Å². The number of hydrogen-bond acceptors (Lipinski definition) is 0. The quantitative estimate of drug-likeness (QED) is 0.155. The predicted molar refractivity (Wildman–Crippen MR) is 223 cm³/mol. The van der Waals surface area contributed by atoms with Gasteiger partial charge in [0.2, 0.25) is 0 Å². The molecule has 0 heteroatoms. The molecule has 0 heterocycles. The first-order valence-corrected chi connectivity index (χ1v) is 18.9. The van der Waals surface area contributed by atoms with Crippen molar-refractivity contribution in [3.05, 3.63) is 184 Å². The molecular weight excluding hydrogens is 613 g/mol. The maximum absolute atomic E-state index is 2.50. The maximum atomic E-state index is 2.50. The fourth-order valence-corrected chi connectivity index (χ4v) is 8.62. The topological polar surface area (TPSA) is 0 Å². The van der Waals surface area contributed by atoms with Gasteiger partial charge < -0.3 is 0 Å². The summed E-state index contributed by atoms with van der Waals surface area (Å²) in [5.74, 6) is 0.275. The monoisotopic (exact) mass is 670 g/mol. The molecule has 0 spiro atoms. The Morgan fingerprint density at radius 2 is 0.588 bits per heavy atom. The lowest BCUT2D eigenvalue weighted by Gasteiger charge is -2.28. The normalized spacial score (nSPS) is 12.3. The van der Waals surface area contributed by atoms with Crippen molar-refractivity contribution in [1.29, 1.82) is 0 Å². The molecule has 0 amide bonds. The molecule has 1 unspecified atom stereocenters. The van der Waals surface area contributed by atoms with Crippen LogP contribution in [0.3, 0.4) is 0 Å². The van der Waals surface area contributed by atoms with Crippen molar-refractivity contribution >= 4 is 10.8 Å². The highest BCUT2D eigenvalue weighted by Gasteiger charge is 2.26. The standard InChI is InChI=1S/C51H58/c1-27-16-21-46(38(12)31(27)5)50(47-22-28(2)32(6)35(9)39(47)13)43-19-17-42-18-20-44(26-45(42)25-43)51(48-23-29(3)33(7)36(10)40(48)14)49-24-30(4)34(8)37(11)41(49)15/h16-26,50-51H,1-15H3. The molecule has 6 aromatic carbocycles. The van der Waals surface area contributed by atoms with Gasteiger partial charge in [0, 0.05) is 11.8 Å². The minimum Gasteiger partial charge on any atom is -0.0587 e. The molecule has 51 heavy (non-hydrogen) atoms. The van der Waals surface area contributed by atoms with Crippen LogP contribution in [0.25, 0.3) is 10.8 Å². The summed E-state index contributed by atoms with van der Waals surface area (Å²) in [6, 6.07) is 26.6. The van der Waals surface area contributed by atoms with Crippen LogP contribution in [0.4, 0.5) is 0 Å². The highest BCUT2D eigenvalue weighted by atomic mass is 14.3. The minimum atomic E-state index is 0.136. The van der Waals surface area contributed by atoms with Gasteiger partial charge in [-0.05, 0) is 231 Å². The van der Waals surface area contributed by atoms with Crippen LogP contribution in [0.15, 0.2) is 66.7 Å². The predicted octanol–water partition coefficient (Wildman–Crippen LogP) is 13.8. The summed E-state index contributed by atoms with van der Waals surface area (Å²) in [5, 5.41) is 2.59. The number of aryl methyl sites for hydroxylation is 4. The molecule has 0 fully saturated rings. The van der Waals surface area contributed by atoms with Crippen LogP contribution in [0.1, 0.15) is 129 Å². The SMILES string of the molecule is Cc1ccc(C(c2ccc3ccc(C(c4cc(C)c(C)c(C)c4C)c4cc(C)c(C)c(C)c4C)cc3c2)c2cc(C)c(C)c(C)c2C)c(C)c1C. The van der Waals surface area contributed by atoms with Gasteiger partial charge >= 0.3 is 0 Å². The smallest absolute Gasteiger partial charge is 0.0345 e. The Morgan fingerprint density at radius 3 is 0.980 bits per heavy atom. The van der Waals surface area contributed by atoms with E-state index in [-0.39, 0.29) is 11.8 Å². The lowest BCUT2D eigenvalue weighted by molar-refractivity contribution is 0.927. The van der Waals surface area contributed by atoms with Gasteiger partial charge in [-0.3, -0.25) is 0 Å². The summed E-state index contributed by atoms with van der Waals surface area (Å²) in [5.41, 5.74) is 29.2. The molecule has 0 aliphatic heterocycles. The molecule has 262 valence electrons. The average molecular weight is 671 g/mol. The summed E-state index contributed by atoms with van der Waals surface area (Å²) in [6.45, 7) is 34.4. The first kappa shape index (κ1) is 36.4. The van der Waals surface area contributed by atoms with E-state index in [2.05, 4.69) is 171 Å². The Labute approximate surface area is 309 Å². The van der Waals surface area contributed by atoms with Gasteiger partial charge in [0.25, 0.3) is 0 Å². The van der Waals surface area contributed by atoms with Crippen molar-refractivity contribution in [2.45, 2.75) is 116 Å². The van der Waals surface area contributed by atoms with E-state index < -0.39 is 0 Å². The van der Waals surface area contributed by atoms with E-state index in [1.165, 1.54) is 128 Å². The molecule has 0 nitrogen and oxygen atoms in total. The van der Waals surface area contributed by atoms with Crippen molar-refractivity contribution in [1.82, 2.24) is 0 Å². The fraction of sp³-hybridized carbons (Fsp3) is 0.333. The highest BCUT2D eigenvalue weighted by molar-refractivity contribution is 5.85. The van der Waals surface area contributed by atoms with E-state index in [4.69, 9.17) is 0 Å². The zero-order chi connectivity index (χ0) is 37.2. The van der Waals surface area contributed by atoms with Crippen molar-refractivity contribution in [2.24, 2.45) is 0 Å². The van der Waals surface area contributed by atoms with Crippen molar-refractivity contribution in [2.75, 3.05) is 0 Å². The van der Waals surface area contributed by atoms with Crippen LogP contribution < -0.4 is 0 Å². The third-order valence-corrected chi connectivity index (χ3v) is 13.5. The van der Waals surface area contributed by atoms with E-state index >= 15 is 0 Å². The first-order valence-electron chi connectivity index (χ1n) is 18.9. The Hall–Kier alpha value is -4.42. The van der Waals surface area contributed by atoms with E-state index in [0.717, 1.165) is 0 Å². The van der Waals surface area contributed by atoms with E-state index in [9.17, 15) is 0 Å². The summed E-state index contributed by atoms with van der Waals surface area (Å²) >= 11 is 0. The van der Waals surface area contributed by atoms with E-state index in [0.29, 0.717) is 0 Å². The van der Waals surface area contributed by atoms with Crippen LogP contribution in [-0.2, 0) is 0 Å². The fourth-order valence-electron chi connectivity index (χ4n) is 8.62. The summed E-state index contributed by atoms with van der Waals surface area (Å²) in [7, 11) is 0. The van der Waals surface area contributed by atoms with Crippen molar-refractivity contribution in [3.8, 4) is 0 Å². The second-order valence-corrected chi connectivity index (χ2v) is 15.9. The van der Waals surface area contributed by atoms with Crippen LogP contribution >= 0.6 is 0 Å². The molecular formula is C51H58. The van der Waals surface area contributed by atoms with Crippen molar-refractivity contribution < 1.29 is 0 Å². The molecule has 1 atom stereocenters. The lowest BCUT2D eigenvalue weighted by atomic mass is 9.76. The minimum absolute atomic E-state index is 0.136. The molecule has 0 aliphatic rings. The average Bonchev–Trinajstić information content (AvgIpc) is 3.11. The summed E-state index contributed by atoms with van der Waals surface area (Å²) < 4.78 is 0. The van der Waals surface area contributed by atoms with Gasteiger partial charge in [0.05, 0.1) is 0 Å². The molecule has 0 aliphatic carbocycles.